The molecule has 0 spiro atoms. The lowest BCUT2D eigenvalue weighted by Gasteiger charge is -2.14. The third-order valence-electron chi connectivity index (χ3n) is 3.42. The van der Waals surface area contributed by atoms with Crippen LogP contribution in [0.2, 0.25) is 0 Å². The van der Waals surface area contributed by atoms with E-state index in [1.165, 1.54) is 0 Å². The summed E-state index contributed by atoms with van der Waals surface area (Å²) in [6.07, 6.45) is 5.69. The quantitative estimate of drug-likeness (QED) is 0.548. The minimum atomic E-state index is -0.753. The molecule has 0 aromatic heterocycles. The molecule has 3 N–H and O–H groups in total. The van der Waals surface area contributed by atoms with Crippen molar-refractivity contribution in [3.05, 3.63) is 0 Å². The largest absolute Gasteiger partial charge is 0.481 e. The maximum atomic E-state index is 11.5. The number of rotatable bonds is 11. The summed E-state index contributed by atoms with van der Waals surface area (Å²) in [6, 6.07) is -0.133. The van der Waals surface area contributed by atoms with E-state index in [2.05, 4.69) is 30.7 Å². The number of aliphatic carboxylic acids is 1. The summed E-state index contributed by atoms with van der Waals surface area (Å²) >= 11 is 1.79. The average Bonchev–Trinajstić information content (AvgIpc) is 2.42. The van der Waals surface area contributed by atoms with Crippen LogP contribution < -0.4 is 10.6 Å². The summed E-state index contributed by atoms with van der Waals surface area (Å²) in [4.78, 5) is 22.0. The van der Waals surface area contributed by atoms with Crippen LogP contribution in [0.3, 0.4) is 0 Å². The average molecular weight is 304 g/mol. The van der Waals surface area contributed by atoms with Crippen molar-refractivity contribution in [2.75, 3.05) is 19.3 Å². The Labute approximate surface area is 126 Å². The Morgan fingerprint density at radius 2 is 1.75 bits per heavy atom. The van der Waals surface area contributed by atoms with Gasteiger partial charge in [-0.25, -0.2) is 4.79 Å². The van der Waals surface area contributed by atoms with E-state index in [1.807, 2.05) is 0 Å². The Bertz CT molecular complexity index is 288. The standard InChI is InChI=1S/C14H28N2O3S/c1-4-12(5-6-13(17)18)8-10-16-14(19)15-9-7-11(2)20-3/h11-12H,4-10H2,1-3H3,(H,17,18)(H2,15,16,19). The predicted molar refractivity (Wildman–Crippen MR) is 84.3 cm³/mol. The second-order valence-corrected chi connectivity index (χ2v) is 6.29. The third-order valence-corrected chi connectivity index (χ3v) is 4.46. The molecule has 0 rings (SSSR count). The number of urea groups is 1. The van der Waals surface area contributed by atoms with Crippen LogP contribution in [0.5, 0.6) is 0 Å². The normalized spacial score (nSPS) is 13.6. The molecule has 0 aliphatic rings. The van der Waals surface area contributed by atoms with E-state index in [4.69, 9.17) is 5.11 Å². The van der Waals surface area contributed by atoms with E-state index in [0.29, 0.717) is 30.7 Å². The van der Waals surface area contributed by atoms with Gasteiger partial charge in [-0.2, -0.15) is 11.8 Å². The van der Waals surface area contributed by atoms with Gasteiger partial charge < -0.3 is 15.7 Å². The number of carbonyl (C=O) groups excluding carboxylic acids is 1. The molecule has 0 radical (unpaired) electrons. The van der Waals surface area contributed by atoms with Crippen LogP contribution in [0.25, 0.3) is 0 Å². The lowest BCUT2D eigenvalue weighted by molar-refractivity contribution is -0.137. The third kappa shape index (κ3) is 11.0. The fraction of sp³-hybridized carbons (Fsp3) is 0.857. The van der Waals surface area contributed by atoms with Gasteiger partial charge in [-0.1, -0.05) is 20.3 Å². The van der Waals surface area contributed by atoms with Crippen LogP contribution in [-0.4, -0.2) is 41.7 Å². The Balaban J connectivity index is 3.64. The smallest absolute Gasteiger partial charge is 0.314 e. The van der Waals surface area contributed by atoms with Crippen molar-refractivity contribution in [3.8, 4) is 0 Å². The first kappa shape index (κ1) is 19.1. The molecule has 0 fully saturated rings. The Hall–Kier alpha value is -0.910. The monoisotopic (exact) mass is 304 g/mol. The van der Waals surface area contributed by atoms with Crippen LogP contribution in [-0.2, 0) is 4.79 Å². The van der Waals surface area contributed by atoms with E-state index in [0.717, 1.165) is 19.3 Å². The maximum absolute atomic E-state index is 11.5. The number of thioether (sulfide) groups is 1. The second-order valence-electron chi connectivity index (χ2n) is 5.01. The van der Waals surface area contributed by atoms with Gasteiger partial charge in [0.2, 0.25) is 0 Å². The van der Waals surface area contributed by atoms with Crippen molar-refractivity contribution in [1.29, 1.82) is 0 Å². The van der Waals surface area contributed by atoms with Gasteiger partial charge in [0, 0.05) is 24.8 Å². The highest BCUT2D eigenvalue weighted by atomic mass is 32.2. The number of amides is 2. The van der Waals surface area contributed by atoms with Gasteiger partial charge in [0.1, 0.15) is 0 Å². The molecule has 5 nitrogen and oxygen atoms in total. The highest BCUT2D eigenvalue weighted by Crippen LogP contribution is 2.14. The highest BCUT2D eigenvalue weighted by molar-refractivity contribution is 7.99. The van der Waals surface area contributed by atoms with Crippen LogP contribution >= 0.6 is 11.8 Å². The molecule has 0 saturated carbocycles. The summed E-state index contributed by atoms with van der Waals surface area (Å²) < 4.78 is 0. The molecule has 0 aliphatic heterocycles. The first-order valence-electron chi connectivity index (χ1n) is 7.25. The molecular formula is C14H28N2O3S. The molecular weight excluding hydrogens is 276 g/mol. The zero-order valence-electron chi connectivity index (χ0n) is 12.8. The number of hydrogen-bond donors (Lipinski definition) is 3. The van der Waals surface area contributed by atoms with Crippen LogP contribution in [0.1, 0.15) is 46.0 Å². The maximum Gasteiger partial charge on any atom is 0.314 e. The lowest BCUT2D eigenvalue weighted by atomic mass is 9.97. The highest BCUT2D eigenvalue weighted by Gasteiger charge is 2.09. The summed E-state index contributed by atoms with van der Waals surface area (Å²) in [5.41, 5.74) is 0. The number of nitrogens with one attached hydrogen (secondary N) is 2. The van der Waals surface area contributed by atoms with Crippen LogP contribution in [0.4, 0.5) is 4.79 Å². The van der Waals surface area contributed by atoms with Gasteiger partial charge in [0.15, 0.2) is 0 Å². The molecule has 0 aliphatic carbocycles. The van der Waals surface area contributed by atoms with Crippen LogP contribution in [0.15, 0.2) is 0 Å². The zero-order chi connectivity index (χ0) is 15.4. The summed E-state index contributed by atoms with van der Waals surface area (Å²) in [7, 11) is 0. The predicted octanol–water partition coefficient (Wildman–Crippen LogP) is 2.71. The molecule has 2 amide bonds. The fourth-order valence-corrected chi connectivity index (χ4v) is 2.19. The topological polar surface area (TPSA) is 78.4 Å². The van der Waals surface area contributed by atoms with Gasteiger partial charge in [-0.05, 0) is 31.4 Å². The molecule has 0 heterocycles. The molecule has 0 aromatic carbocycles. The minimum Gasteiger partial charge on any atom is -0.481 e. The summed E-state index contributed by atoms with van der Waals surface area (Å²) in [5, 5.41) is 14.9. The lowest BCUT2D eigenvalue weighted by Crippen LogP contribution is -2.37. The molecule has 118 valence electrons. The van der Waals surface area contributed by atoms with E-state index in [1.54, 1.807) is 11.8 Å². The van der Waals surface area contributed by atoms with Gasteiger partial charge in [0.05, 0.1) is 0 Å². The van der Waals surface area contributed by atoms with Crippen molar-refractivity contribution in [1.82, 2.24) is 10.6 Å². The van der Waals surface area contributed by atoms with Crippen molar-refractivity contribution >= 4 is 23.8 Å². The molecule has 0 aromatic rings. The molecule has 6 heteroatoms. The molecule has 0 bridgehead atoms. The van der Waals surface area contributed by atoms with Gasteiger partial charge in [-0.3, -0.25) is 4.79 Å². The zero-order valence-corrected chi connectivity index (χ0v) is 13.6. The number of carboxylic acid groups (broad SMARTS) is 1. The van der Waals surface area contributed by atoms with Gasteiger partial charge in [0.25, 0.3) is 0 Å². The number of hydrogen-bond acceptors (Lipinski definition) is 3. The Morgan fingerprint density at radius 3 is 2.25 bits per heavy atom. The molecule has 2 atom stereocenters. The number of carbonyl (C=O) groups is 2. The van der Waals surface area contributed by atoms with Crippen molar-refractivity contribution in [2.24, 2.45) is 5.92 Å². The minimum absolute atomic E-state index is 0.133. The SMILES string of the molecule is CCC(CCNC(=O)NCCC(C)SC)CCC(=O)O. The van der Waals surface area contributed by atoms with E-state index < -0.39 is 5.97 Å². The Morgan fingerprint density at radius 1 is 1.15 bits per heavy atom. The van der Waals surface area contributed by atoms with E-state index in [-0.39, 0.29) is 12.5 Å². The molecule has 0 saturated heterocycles. The summed E-state index contributed by atoms with van der Waals surface area (Å²) in [6.45, 7) is 5.47. The second kappa shape index (κ2) is 11.9. The molecule has 2 unspecified atom stereocenters. The van der Waals surface area contributed by atoms with Crippen molar-refractivity contribution in [2.45, 2.75) is 51.2 Å². The first-order chi connectivity index (χ1) is 9.49. The Kier molecular flexibility index (Phi) is 11.3. The fourth-order valence-electron chi connectivity index (χ4n) is 1.84. The van der Waals surface area contributed by atoms with Gasteiger partial charge in [-0.15, -0.1) is 0 Å². The first-order valence-corrected chi connectivity index (χ1v) is 8.54. The van der Waals surface area contributed by atoms with Crippen molar-refractivity contribution in [3.63, 3.8) is 0 Å². The van der Waals surface area contributed by atoms with E-state index in [9.17, 15) is 9.59 Å². The van der Waals surface area contributed by atoms with Gasteiger partial charge >= 0.3 is 12.0 Å². The van der Waals surface area contributed by atoms with Crippen molar-refractivity contribution < 1.29 is 14.7 Å². The summed E-state index contributed by atoms with van der Waals surface area (Å²) in [5.74, 6) is -0.389. The number of carboxylic acids is 1. The molecule has 20 heavy (non-hydrogen) atoms. The van der Waals surface area contributed by atoms with Crippen LogP contribution in [0, 0.1) is 5.92 Å². The van der Waals surface area contributed by atoms with E-state index >= 15 is 0 Å².